The Morgan fingerprint density at radius 3 is 2.64 bits per heavy atom. The van der Waals surface area contributed by atoms with E-state index >= 15 is 0 Å². The molecule has 0 spiro atoms. The molecular weight excluding hydrogens is 738 g/mol. The van der Waals surface area contributed by atoms with E-state index in [0.717, 1.165) is 11.1 Å². The summed E-state index contributed by atoms with van der Waals surface area (Å²) in [6.45, 7) is 0. The van der Waals surface area contributed by atoms with Crippen LogP contribution < -0.4 is 4.74 Å². The van der Waals surface area contributed by atoms with E-state index in [4.69, 9.17) is 4.74 Å². The molecular formula is C14H5I4NO3. The standard InChI is InChI=1S/C14H5I4NO3/c15-7-1-4-6(3-19)5-2-8(16)12(21)10(18)14(5)22-13(4)9(17)11(7)20/h1-2,6,9,21H. The van der Waals surface area contributed by atoms with Gasteiger partial charge in [-0.25, -0.2) is 0 Å². The molecule has 1 heterocycles. The summed E-state index contributed by atoms with van der Waals surface area (Å²) in [5, 5.41) is 19.7. The maximum atomic E-state index is 12.2. The predicted molar refractivity (Wildman–Crippen MR) is 114 cm³/mol. The second-order valence-electron chi connectivity index (χ2n) is 4.64. The van der Waals surface area contributed by atoms with Gasteiger partial charge in [-0.1, -0.05) is 22.6 Å². The fraction of sp³-hybridized carbons (Fsp3) is 0.143. The van der Waals surface area contributed by atoms with Gasteiger partial charge in [0.05, 0.1) is 16.8 Å². The topological polar surface area (TPSA) is 70.3 Å². The van der Waals surface area contributed by atoms with Crippen molar-refractivity contribution in [2.45, 2.75) is 9.84 Å². The van der Waals surface area contributed by atoms with Crippen LogP contribution in [0.2, 0.25) is 0 Å². The van der Waals surface area contributed by atoms with E-state index in [9.17, 15) is 15.2 Å². The van der Waals surface area contributed by atoms with Crippen molar-refractivity contribution >= 4 is 96.1 Å². The second-order valence-corrected chi connectivity index (χ2v) is 9.29. The van der Waals surface area contributed by atoms with Crippen molar-refractivity contribution in [3.63, 3.8) is 0 Å². The fourth-order valence-corrected chi connectivity index (χ4v) is 6.24. The Kier molecular flexibility index (Phi) is 4.97. The van der Waals surface area contributed by atoms with E-state index in [1.807, 2.05) is 90.4 Å². The van der Waals surface area contributed by atoms with Gasteiger partial charge < -0.3 is 9.84 Å². The van der Waals surface area contributed by atoms with Crippen LogP contribution in [0.5, 0.6) is 11.5 Å². The van der Waals surface area contributed by atoms with Crippen molar-refractivity contribution in [2.24, 2.45) is 0 Å². The molecule has 4 nitrogen and oxygen atoms in total. The lowest BCUT2D eigenvalue weighted by Crippen LogP contribution is -2.29. The van der Waals surface area contributed by atoms with Crippen LogP contribution in [0, 0.1) is 18.5 Å². The van der Waals surface area contributed by atoms with E-state index in [2.05, 4.69) is 6.07 Å². The fourth-order valence-electron chi connectivity index (χ4n) is 2.35. The van der Waals surface area contributed by atoms with Gasteiger partial charge in [0.25, 0.3) is 0 Å². The molecule has 112 valence electrons. The predicted octanol–water partition coefficient (Wildman–Crippen LogP) is 4.56. The highest BCUT2D eigenvalue weighted by molar-refractivity contribution is 14.1. The van der Waals surface area contributed by atoms with Crippen LogP contribution >= 0.6 is 90.4 Å². The Morgan fingerprint density at radius 1 is 1.32 bits per heavy atom. The van der Waals surface area contributed by atoms with Gasteiger partial charge in [0.1, 0.15) is 27.1 Å². The van der Waals surface area contributed by atoms with Gasteiger partial charge >= 0.3 is 0 Å². The molecule has 1 aromatic carbocycles. The van der Waals surface area contributed by atoms with Crippen molar-refractivity contribution < 1.29 is 14.6 Å². The molecule has 2 aliphatic rings. The molecule has 1 N–H and O–H groups in total. The number of phenolic OH excluding ortho intramolecular Hbond substituents is 1. The van der Waals surface area contributed by atoms with E-state index < -0.39 is 9.84 Å². The molecule has 2 unspecified atom stereocenters. The quantitative estimate of drug-likeness (QED) is 0.313. The van der Waals surface area contributed by atoms with Crippen LogP contribution in [0.3, 0.4) is 0 Å². The summed E-state index contributed by atoms with van der Waals surface area (Å²) in [7, 11) is 0. The minimum atomic E-state index is -0.503. The number of ketones is 1. The average molecular weight is 743 g/mol. The first-order valence-electron chi connectivity index (χ1n) is 5.94. The third-order valence-corrected chi connectivity index (χ3v) is 7.20. The van der Waals surface area contributed by atoms with Gasteiger partial charge in [-0.3, -0.25) is 4.79 Å². The third-order valence-electron chi connectivity index (χ3n) is 3.40. The van der Waals surface area contributed by atoms with Gasteiger partial charge in [-0.05, 0) is 79.9 Å². The zero-order valence-electron chi connectivity index (χ0n) is 10.5. The van der Waals surface area contributed by atoms with Crippen LogP contribution in [0.4, 0.5) is 0 Å². The molecule has 22 heavy (non-hydrogen) atoms. The number of rotatable bonds is 0. The van der Waals surface area contributed by atoms with Crippen molar-refractivity contribution in [1.29, 1.82) is 5.26 Å². The monoisotopic (exact) mass is 743 g/mol. The maximum absolute atomic E-state index is 12.2. The molecule has 0 bridgehead atoms. The zero-order valence-corrected chi connectivity index (χ0v) is 19.2. The lowest BCUT2D eigenvalue weighted by atomic mass is 9.85. The van der Waals surface area contributed by atoms with Crippen molar-refractivity contribution in [1.82, 2.24) is 0 Å². The Bertz CT molecular complexity index is 822. The number of aromatic hydroxyl groups is 1. The number of hydrogen-bond donors (Lipinski definition) is 1. The molecule has 0 aromatic heterocycles. The average Bonchev–Trinajstić information content (AvgIpc) is 2.49. The van der Waals surface area contributed by atoms with Crippen molar-refractivity contribution in [2.75, 3.05) is 0 Å². The summed E-state index contributed by atoms with van der Waals surface area (Å²) in [5.74, 6) is 0.589. The first-order chi connectivity index (χ1) is 10.4. The van der Waals surface area contributed by atoms with E-state index in [1.165, 1.54) is 0 Å². The van der Waals surface area contributed by atoms with Crippen LogP contribution in [0.25, 0.3) is 0 Å². The van der Waals surface area contributed by atoms with Gasteiger partial charge in [-0.2, -0.15) is 5.26 Å². The molecule has 0 radical (unpaired) electrons. The number of fused-ring (bicyclic) bond motifs is 1. The summed E-state index contributed by atoms with van der Waals surface area (Å²) >= 11 is 8.06. The first kappa shape index (κ1) is 17.2. The molecule has 1 aliphatic carbocycles. The molecule has 1 aromatic rings. The van der Waals surface area contributed by atoms with E-state index in [0.29, 0.717) is 22.2 Å². The largest absolute Gasteiger partial charge is 0.506 e. The van der Waals surface area contributed by atoms with Crippen LogP contribution in [0.15, 0.2) is 27.1 Å². The Hall–Kier alpha value is 0.380. The summed E-state index contributed by atoms with van der Waals surface area (Å²) in [6.07, 6.45) is 1.73. The number of nitriles is 1. The summed E-state index contributed by atoms with van der Waals surface area (Å²) in [6, 6.07) is 4.07. The van der Waals surface area contributed by atoms with Gasteiger partial charge in [-0.15, -0.1) is 0 Å². The number of ether oxygens (including phenoxy) is 1. The number of alkyl halides is 1. The highest BCUT2D eigenvalue weighted by atomic mass is 127. The normalized spacial score (nSPS) is 23.2. The van der Waals surface area contributed by atoms with Crippen molar-refractivity contribution in [3.05, 3.63) is 39.8 Å². The number of phenols is 1. The Labute approximate surface area is 180 Å². The first-order valence-corrected chi connectivity index (χ1v) is 10.4. The van der Waals surface area contributed by atoms with Gasteiger partial charge in [0.15, 0.2) is 5.78 Å². The highest BCUT2D eigenvalue weighted by Crippen LogP contribution is 2.49. The number of carbonyl (C=O) groups is 1. The van der Waals surface area contributed by atoms with E-state index in [-0.39, 0.29) is 11.5 Å². The highest BCUT2D eigenvalue weighted by Gasteiger charge is 2.39. The van der Waals surface area contributed by atoms with Crippen LogP contribution in [-0.4, -0.2) is 14.8 Å². The third kappa shape index (κ3) is 2.59. The molecule has 2 atom stereocenters. The summed E-state index contributed by atoms with van der Waals surface area (Å²) in [5.41, 5.74) is 1.46. The maximum Gasteiger partial charge on any atom is 0.189 e. The smallest absolute Gasteiger partial charge is 0.189 e. The lowest BCUT2D eigenvalue weighted by molar-refractivity contribution is -0.113. The van der Waals surface area contributed by atoms with Gasteiger partial charge in [0, 0.05) is 11.1 Å². The SMILES string of the molecule is N#CC1C2=C(Oc3c1cc(I)c(O)c3I)C(I)C(=O)C(I)=C2. The van der Waals surface area contributed by atoms with Crippen molar-refractivity contribution in [3.8, 4) is 17.6 Å². The van der Waals surface area contributed by atoms with E-state index in [1.54, 1.807) is 12.1 Å². The van der Waals surface area contributed by atoms with Crippen LogP contribution in [-0.2, 0) is 4.79 Å². The molecule has 3 rings (SSSR count). The Balaban J connectivity index is 2.27. The number of nitrogens with zero attached hydrogens (tertiary/aromatic N) is 1. The summed E-state index contributed by atoms with van der Waals surface area (Å²) < 4.78 is 7.33. The van der Waals surface area contributed by atoms with Crippen LogP contribution in [0.1, 0.15) is 11.5 Å². The molecule has 0 amide bonds. The number of hydrogen-bond acceptors (Lipinski definition) is 4. The minimum absolute atomic E-state index is 0.0233. The number of carbonyl (C=O) groups excluding carboxylic acids is 1. The molecule has 8 heteroatoms. The number of Topliss-reactive ketones (excluding diaryl/α,β-unsaturated/α-hetero) is 1. The lowest BCUT2D eigenvalue weighted by Gasteiger charge is -2.31. The molecule has 0 saturated heterocycles. The molecule has 0 fully saturated rings. The molecule has 1 aliphatic heterocycles. The van der Waals surface area contributed by atoms with Gasteiger partial charge in [0.2, 0.25) is 0 Å². The summed E-state index contributed by atoms with van der Waals surface area (Å²) in [4.78, 5) is 12.2. The number of allylic oxidation sites excluding steroid dienone is 4. The number of benzene rings is 1. The number of halogens is 4. The second kappa shape index (κ2) is 6.36. The minimum Gasteiger partial charge on any atom is -0.506 e. The zero-order chi connectivity index (χ0) is 16.2. The molecule has 0 saturated carbocycles. The Morgan fingerprint density at radius 2 is 2.00 bits per heavy atom.